The van der Waals surface area contributed by atoms with Crippen LogP contribution in [0.2, 0.25) is 37.3 Å². The summed E-state index contributed by atoms with van der Waals surface area (Å²) < 4.78 is 50.0. The van der Waals surface area contributed by atoms with Crippen molar-refractivity contribution in [3.05, 3.63) is 22.7 Å². The van der Waals surface area contributed by atoms with Gasteiger partial charge in [-0.2, -0.15) is 13.8 Å². The third kappa shape index (κ3) is 5.18. The third-order valence-corrected chi connectivity index (χ3v) is 14.1. The SMILES string of the molecule is CC[Si](C)(CC)OCC1OC(n2ccc(N)nc2=O)C(F)(F)C1O[Si](C)(CC)CC. The van der Waals surface area contributed by atoms with Crippen molar-refractivity contribution in [3.63, 3.8) is 0 Å². The first-order valence-corrected chi connectivity index (χ1v) is 16.3. The number of hydrogen-bond donors (Lipinski definition) is 1. The van der Waals surface area contributed by atoms with Gasteiger partial charge in [-0.25, -0.2) is 4.79 Å². The number of alkyl halides is 2. The van der Waals surface area contributed by atoms with Gasteiger partial charge in [0.1, 0.15) is 18.0 Å². The number of ether oxygens (including phenoxy) is 1. The van der Waals surface area contributed by atoms with E-state index in [1.165, 1.54) is 12.3 Å². The predicted octanol–water partition coefficient (Wildman–Crippen LogP) is 3.99. The second-order valence-corrected chi connectivity index (χ2v) is 17.6. The molecule has 3 unspecified atom stereocenters. The van der Waals surface area contributed by atoms with Gasteiger partial charge < -0.3 is 19.3 Å². The van der Waals surface area contributed by atoms with E-state index in [0.717, 1.165) is 16.7 Å². The maximum absolute atomic E-state index is 15.6. The van der Waals surface area contributed by atoms with E-state index in [2.05, 4.69) is 11.5 Å². The van der Waals surface area contributed by atoms with Crippen LogP contribution in [-0.4, -0.2) is 50.9 Å². The summed E-state index contributed by atoms with van der Waals surface area (Å²) in [6.45, 7) is 12.1. The van der Waals surface area contributed by atoms with Crippen LogP contribution in [0.4, 0.5) is 14.6 Å². The molecule has 1 saturated heterocycles. The first-order chi connectivity index (χ1) is 13.9. The highest BCUT2D eigenvalue weighted by Gasteiger charge is 2.62. The van der Waals surface area contributed by atoms with Crippen molar-refractivity contribution in [2.75, 3.05) is 12.3 Å². The highest BCUT2D eigenvalue weighted by molar-refractivity contribution is 6.72. The number of rotatable bonds is 10. The van der Waals surface area contributed by atoms with Crippen LogP contribution in [-0.2, 0) is 13.6 Å². The van der Waals surface area contributed by atoms with Crippen molar-refractivity contribution in [1.82, 2.24) is 9.55 Å². The molecular formula is C19H35F2N3O4Si2. The van der Waals surface area contributed by atoms with Gasteiger partial charge in [-0.15, -0.1) is 0 Å². The lowest BCUT2D eigenvalue weighted by Crippen LogP contribution is -2.50. The molecular weight excluding hydrogens is 428 g/mol. The molecule has 11 heteroatoms. The maximum atomic E-state index is 15.6. The Hall–Kier alpha value is -1.15. The number of nitrogens with zero attached hydrogens (tertiary/aromatic N) is 2. The van der Waals surface area contributed by atoms with E-state index in [1.807, 2.05) is 34.2 Å². The maximum Gasteiger partial charge on any atom is 0.351 e. The fourth-order valence-corrected chi connectivity index (χ4v) is 6.54. The summed E-state index contributed by atoms with van der Waals surface area (Å²) in [7, 11) is -4.37. The van der Waals surface area contributed by atoms with Crippen LogP contribution in [0.15, 0.2) is 17.1 Å². The van der Waals surface area contributed by atoms with E-state index in [0.29, 0.717) is 12.1 Å². The van der Waals surface area contributed by atoms with Crippen molar-refractivity contribution < 1.29 is 22.4 Å². The highest BCUT2D eigenvalue weighted by atomic mass is 28.4. The zero-order valence-corrected chi connectivity index (χ0v) is 20.8. The molecule has 1 aromatic rings. The molecule has 1 fully saturated rings. The zero-order valence-electron chi connectivity index (χ0n) is 18.8. The molecule has 0 amide bonds. The van der Waals surface area contributed by atoms with E-state index in [-0.39, 0.29) is 12.4 Å². The van der Waals surface area contributed by atoms with Crippen LogP contribution in [0.3, 0.4) is 0 Å². The van der Waals surface area contributed by atoms with Crippen LogP contribution in [0.1, 0.15) is 33.9 Å². The summed E-state index contributed by atoms with van der Waals surface area (Å²) in [5, 5.41) is 0. The number of nitrogens with two attached hydrogens (primary N) is 1. The number of hydrogen-bond acceptors (Lipinski definition) is 6. The Bertz CT molecular complexity index is 772. The molecule has 0 saturated carbocycles. The summed E-state index contributed by atoms with van der Waals surface area (Å²) in [5.74, 6) is -3.46. The molecule has 2 heterocycles. The topological polar surface area (TPSA) is 88.6 Å². The van der Waals surface area contributed by atoms with Crippen molar-refractivity contribution in [3.8, 4) is 0 Å². The first kappa shape index (κ1) is 25.1. The molecule has 0 spiro atoms. The Labute approximate surface area is 179 Å². The summed E-state index contributed by atoms with van der Waals surface area (Å²) in [6, 6.07) is 4.45. The van der Waals surface area contributed by atoms with E-state index < -0.39 is 46.7 Å². The summed E-state index contributed by atoms with van der Waals surface area (Å²) in [4.78, 5) is 15.8. The average molecular weight is 464 g/mol. The average Bonchev–Trinajstić information content (AvgIpc) is 2.96. The Morgan fingerprint density at radius 1 is 1.17 bits per heavy atom. The third-order valence-electron chi connectivity index (χ3n) is 6.45. The summed E-state index contributed by atoms with van der Waals surface area (Å²) >= 11 is 0. The predicted molar refractivity (Wildman–Crippen MR) is 118 cm³/mol. The van der Waals surface area contributed by atoms with Crippen LogP contribution in [0, 0.1) is 0 Å². The van der Waals surface area contributed by atoms with Crippen molar-refractivity contribution in [1.29, 1.82) is 0 Å². The van der Waals surface area contributed by atoms with Gasteiger partial charge in [0.15, 0.2) is 16.6 Å². The minimum atomic E-state index is -3.43. The van der Waals surface area contributed by atoms with Gasteiger partial charge in [-0.1, -0.05) is 27.7 Å². The van der Waals surface area contributed by atoms with Crippen LogP contribution >= 0.6 is 0 Å². The molecule has 0 bridgehead atoms. The number of halogens is 2. The molecule has 0 aromatic carbocycles. The normalized spacial score (nSPS) is 24.3. The molecule has 2 rings (SSSR count). The van der Waals surface area contributed by atoms with Gasteiger partial charge in [-0.3, -0.25) is 4.57 Å². The molecule has 0 radical (unpaired) electrons. The van der Waals surface area contributed by atoms with Gasteiger partial charge in [0.2, 0.25) is 6.23 Å². The monoisotopic (exact) mass is 463 g/mol. The van der Waals surface area contributed by atoms with Crippen LogP contribution in [0.5, 0.6) is 0 Å². The minimum absolute atomic E-state index is 0.0101. The zero-order chi connectivity index (χ0) is 22.7. The lowest BCUT2D eigenvalue weighted by Gasteiger charge is -2.34. The van der Waals surface area contributed by atoms with Gasteiger partial charge in [-0.05, 0) is 43.3 Å². The minimum Gasteiger partial charge on any atom is -0.414 e. The summed E-state index contributed by atoms with van der Waals surface area (Å²) in [6.07, 6.45) is -3.10. The van der Waals surface area contributed by atoms with E-state index >= 15 is 8.78 Å². The molecule has 1 aliphatic rings. The Balaban J connectivity index is 2.40. The number of nitrogen functional groups attached to an aromatic ring is 1. The van der Waals surface area contributed by atoms with Gasteiger partial charge in [0.05, 0.1) is 6.61 Å². The molecule has 3 atom stereocenters. The summed E-state index contributed by atoms with van der Waals surface area (Å²) in [5.41, 5.74) is 4.62. The fraction of sp³-hybridized carbons (Fsp3) is 0.789. The molecule has 7 nitrogen and oxygen atoms in total. The second-order valence-electron chi connectivity index (χ2n) is 8.41. The smallest absolute Gasteiger partial charge is 0.351 e. The van der Waals surface area contributed by atoms with Gasteiger partial charge in [0, 0.05) is 6.20 Å². The first-order valence-electron chi connectivity index (χ1n) is 10.6. The quantitative estimate of drug-likeness (QED) is 0.528. The van der Waals surface area contributed by atoms with Gasteiger partial charge in [0.25, 0.3) is 0 Å². The van der Waals surface area contributed by atoms with Crippen LogP contribution < -0.4 is 11.4 Å². The fourth-order valence-electron chi connectivity index (χ4n) is 3.31. The van der Waals surface area contributed by atoms with E-state index in [4.69, 9.17) is 19.3 Å². The number of anilines is 1. The van der Waals surface area contributed by atoms with E-state index in [9.17, 15) is 4.79 Å². The molecule has 30 heavy (non-hydrogen) atoms. The molecule has 172 valence electrons. The highest BCUT2D eigenvalue weighted by Crippen LogP contribution is 2.45. The van der Waals surface area contributed by atoms with Crippen molar-refractivity contribution in [2.24, 2.45) is 0 Å². The Morgan fingerprint density at radius 2 is 1.73 bits per heavy atom. The second kappa shape index (κ2) is 9.55. The molecule has 1 aromatic heterocycles. The Morgan fingerprint density at radius 3 is 2.23 bits per heavy atom. The lowest BCUT2D eigenvalue weighted by atomic mass is 10.1. The van der Waals surface area contributed by atoms with E-state index in [1.54, 1.807) is 0 Å². The largest absolute Gasteiger partial charge is 0.414 e. The van der Waals surface area contributed by atoms with Crippen molar-refractivity contribution in [2.45, 2.75) is 89.3 Å². The standard InChI is InChI=1S/C19H35F2N3O4Si2/c1-7-29(5,8-2)26-13-14-16(28-30(6,9-3)10-4)19(20,21)17(27-14)24-12-11-15(22)23-18(24)25/h11-12,14,16-17H,7-10,13H2,1-6H3,(H2,22,23,25). The van der Waals surface area contributed by atoms with Crippen molar-refractivity contribution >= 4 is 22.5 Å². The molecule has 1 aliphatic heterocycles. The van der Waals surface area contributed by atoms with Gasteiger partial charge >= 0.3 is 11.6 Å². The molecule has 0 aliphatic carbocycles. The van der Waals surface area contributed by atoms with Crippen LogP contribution in [0.25, 0.3) is 0 Å². The Kier molecular flexibility index (Phi) is 8.00. The lowest BCUT2D eigenvalue weighted by molar-refractivity contribution is -0.138. The number of aromatic nitrogens is 2. The molecule has 2 N–H and O–H groups in total.